The Morgan fingerprint density at radius 2 is 1.54 bits per heavy atom. The summed E-state index contributed by atoms with van der Waals surface area (Å²) < 4.78 is 57.4. The fraction of sp³-hybridized carbons (Fsp3) is 0.424. The SMILES string of the molecule is CC(C)(C)C(=O)Oc1ccc2c(c1)OC[C@@H](c1ccc(C(F)(F)F)cc1)[C@H]2c1ccc(OCCN2CCCC2)cc1. The van der Waals surface area contributed by atoms with Crippen LogP contribution in [0.5, 0.6) is 17.2 Å². The minimum absolute atomic E-state index is 0.193. The molecule has 2 aliphatic heterocycles. The van der Waals surface area contributed by atoms with E-state index in [4.69, 9.17) is 14.2 Å². The van der Waals surface area contributed by atoms with Crippen LogP contribution in [0.25, 0.3) is 0 Å². The third kappa shape index (κ3) is 6.87. The van der Waals surface area contributed by atoms with Crippen LogP contribution < -0.4 is 14.2 Å². The first-order valence-corrected chi connectivity index (χ1v) is 14.1. The highest BCUT2D eigenvalue weighted by molar-refractivity contribution is 5.78. The maximum Gasteiger partial charge on any atom is 0.416 e. The highest BCUT2D eigenvalue weighted by Crippen LogP contribution is 2.47. The Kier molecular flexibility index (Phi) is 8.32. The molecule has 0 spiro atoms. The molecule has 1 fully saturated rings. The molecule has 2 aliphatic rings. The number of fused-ring (bicyclic) bond motifs is 1. The third-order valence-electron chi connectivity index (χ3n) is 7.74. The lowest BCUT2D eigenvalue weighted by Crippen LogP contribution is -2.27. The van der Waals surface area contributed by atoms with Gasteiger partial charge in [-0.2, -0.15) is 13.2 Å². The molecular weight excluding hydrogens is 531 g/mol. The van der Waals surface area contributed by atoms with Crippen LogP contribution in [0.3, 0.4) is 0 Å². The number of esters is 1. The van der Waals surface area contributed by atoms with E-state index in [9.17, 15) is 18.0 Å². The molecule has 0 aromatic heterocycles. The molecule has 0 N–H and O–H groups in total. The Bertz CT molecular complexity index is 1340. The lowest BCUT2D eigenvalue weighted by molar-refractivity contribution is -0.143. The van der Waals surface area contributed by atoms with Crippen LogP contribution in [-0.2, 0) is 11.0 Å². The van der Waals surface area contributed by atoms with Crippen LogP contribution in [0.2, 0.25) is 0 Å². The number of nitrogens with zero attached hydrogens (tertiary/aromatic N) is 1. The van der Waals surface area contributed by atoms with Crippen molar-refractivity contribution in [2.45, 2.75) is 51.6 Å². The zero-order valence-corrected chi connectivity index (χ0v) is 23.7. The van der Waals surface area contributed by atoms with Crippen molar-refractivity contribution in [3.63, 3.8) is 0 Å². The number of hydrogen-bond acceptors (Lipinski definition) is 5. The first-order valence-electron chi connectivity index (χ1n) is 14.1. The first kappa shape index (κ1) is 29.0. The number of alkyl halides is 3. The van der Waals surface area contributed by atoms with E-state index in [0.29, 0.717) is 18.1 Å². The summed E-state index contributed by atoms with van der Waals surface area (Å²) in [6.07, 6.45) is -1.93. The predicted octanol–water partition coefficient (Wildman–Crippen LogP) is 7.44. The normalized spacial score (nSPS) is 19.4. The molecule has 0 radical (unpaired) electrons. The van der Waals surface area contributed by atoms with Gasteiger partial charge in [0.25, 0.3) is 0 Å². The smallest absolute Gasteiger partial charge is 0.416 e. The molecular formula is C33H36F3NO4. The molecule has 5 rings (SSSR count). The fourth-order valence-corrected chi connectivity index (χ4v) is 5.40. The zero-order valence-electron chi connectivity index (χ0n) is 23.7. The number of benzene rings is 3. The van der Waals surface area contributed by atoms with Gasteiger partial charge in [-0.3, -0.25) is 9.69 Å². The maximum absolute atomic E-state index is 13.2. The fourth-order valence-electron chi connectivity index (χ4n) is 5.40. The predicted molar refractivity (Wildman–Crippen MR) is 151 cm³/mol. The Morgan fingerprint density at radius 1 is 0.902 bits per heavy atom. The van der Waals surface area contributed by atoms with E-state index < -0.39 is 17.2 Å². The quantitative estimate of drug-likeness (QED) is 0.219. The van der Waals surface area contributed by atoms with Gasteiger partial charge in [-0.25, -0.2) is 0 Å². The van der Waals surface area contributed by atoms with Crippen LogP contribution in [0.4, 0.5) is 13.2 Å². The van der Waals surface area contributed by atoms with E-state index in [1.165, 1.54) is 25.0 Å². The van der Waals surface area contributed by atoms with Crippen molar-refractivity contribution >= 4 is 5.97 Å². The van der Waals surface area contributed by atoms with Crippen molar-refractivity contribution in [2.75, 3.05) is 32.8 Å². The van der Waals surface area contributed by atoms with E-state index in [0.717, 1.165) is 54.2 Å². The average molecular weight is 568 g/mol. The second-order valence-electron chi connectivity index (χ2n) is 11.8. The maximum atomic E-state index is 13.2. The molecule has 3 aromatic rings. The van der Waals surface area contributed by atoms with Gasteiger partial charge >= 0.3 is 12.1 Å². The summed E-state index contributed by atoms with van der Waals surface area (Å²) in [6, 6.07) is 18.5. The summed E-state index contributed by atoms with van der Waals surface area (Å²) in [4.78, 5) is 14.8. The van der Waals surface area contributed by atoms with Crippen molar-refractivity contribution in [3.8, 4) is 17.2 Å². The number of carbonyl (C=O) groups excluding carboxylic acids is 1. The Hall–Kier alpha value is -3.52. The van der Waals surface area contributed by atoms with Crippen molar-refractivity contribution in [1.29, 1.82) is 0 Å². The molecule has 0 bridgehead atoms. The summed E-state index contributed by atoms with van der Waals surface area (Å²) in [5.41, 5.74) is 1.27. The van der Waals surface area contributed by atoms with E-state index in [-0.39, 0.29) is 24.4 Å². The molecule has 2 heterocycles. The van der Waals surface area contributed by atoms with Crippen molar-refractivity contribution in [2.24, 2.45) is 5.41 Å². The summed E-state index contributed by atoms with van der Waals surface area (Å²) in [5, 5.41) is 0. The molecule has 0 saturated carbocycles. The van der Waals surface area contributed by atoms with Gasteiger partial charge in [0, 0.05) is 30.0 Å². The second-order valence-corrected chi connectivity index (χ2v) is 11.8. The molecule has 0 aliphatic carbocycles. The number of halogens is 3. The van der Waals surface area contributed by atoms with Gasteiger partial charge in [-0.15, -0.1) is 0 Å². The molecule has 3 aromatic carbocycles. The highest BCUT2D eigenvalue weighted by atomic mass is 19.4. The number of likely N-dealkylation sites (tertiary alicyclic amines) is 1. The summed E-state index contributed by atoms with van der Waals surface area (Å²) in [6.45, 7) is 9.37. The topological polar surface area (TPSA) is 48.0 Å². The monoisotopic (exact) mass is 567 g/mol. The molecule has 0 unspecified atom stereocenters. The van der Waals surface area contributed by atoms with Gasteiger partial charge in [0.05, 0.1) is 17.6 Å². The van der Waals surface area contributed by atoms with Crippen LogP contribution in [0.1, 0.15) is 67.7 Å². The third-order valence-corrected chi connectivity index (χ3v) is 7.74. The molecule has 2 atom stereocenters. The van der Waals surface area contributed by atoms with E-state index in [1.807, 2.05) is 30.3 Å². The first-order chi connectivity index (χ1) is 19.5. The van der Waals surface area contributed by atoms with Gasteiger partial charge < -0.3 is 14.2 Å². The van der Waals surface area contributed by atoms with Crippen LogP contribution in [0.15, 0.2) is 66.7 Å². The molecule has 0 amide bonds. The summed E-state index contributed by atoms with van der Waals surface area (Å²) >= 11 is 0. The minimum atomic E-state index is -4.40. The molecule has 218 valence electrons. The van der Waals surface area contributed by atoms with Crippen molar-refractivity contribution in [1.82, 2.24) is 4.90 Å². The van der Waals surface area contributed by atoms with Gasteiger partial charge in [-0.1, -0.05) is 30.3 Å². The largest absolute Gasteiger partial charge is 0.492 e. The van der Waals surface area contributed by atoms with Gasteiger partial charge in [-0.05, 0) is 88.2 Å². The molecule has 41 heavy (non-hydrogen) atoms. The van der Waals surface area contributed by atoms with E-state index in [1.54, 1.807) is 32.9 Å². The van der Waals surface area contributed by atoms with Crippen LogP contribution in [0, 0.1) is 5.41 Å². The van der Waals surface area contributed by atoms with E-state index >= 15 is 0 Å². The van der Waals surface area contributed by atoms with Gasteiger partial charge in [0.2, 0.25) is 0 Å². The average Bonchev–Trinajstić information content (AvgIpc) is 3.45. The standard InChI is InChI=1S/C33H36F3NO4/c1-32(2,3)31(38)41-26-14-15-27-29(20-26)40-21-28(22-6-10-24(11-7-22)33(34,35)36)30(27)23-8-12-25(13-9-23)39-19-18-37-16-4-5-17-37/h6-15,20,28,30H,4-5,16-19,21H2,1-3H3/t28-,30-/m0/s1. The van der Waals surface area contributed by atoms with Gasteiger partial charge in [0.15, 0.2) is 0 Å². The molecule has 1 saturated heterocycles. The zero-order chi connectivity index (χ0) is 29.2. The minimum Gasteiger partial charge on any atom is -0.492 e. The molecule has 8 heteroatoms. The number of carbonyl (C=O) groups is 1. The summed E-state index contributed by atoms with van der Waals surface area (Å²) in [7, 11) is 0. The molecule has 5 nitrogen and oxygen atoms in total. The van der Waals surface area contributed by atoms with Crippen LogP contribution >= 0.6 is 0 Å². The number of ether oxygens (including phenoxy) is 3. The van der Waals surface area contributed by atoms with E-state index in [2.05, 4.69) is 4.90 Å². The lowest BCUT2D eigenvalue weighted by Gasteiger charge is -2.35. The second kappa shape index (κ2) is 11.8. The number of rotatable bonds is 7. The summed E-state index contributed by atoms with van der Waals surface area (Å²) in [5.74, 6) is 0.972. The lowest BCUT2D eigenvalue weighted by atomic mass is 9.75. The Balaban J connectivity index is 1.42. The Morgan fingerprint density at radius 3 is 2.17 bits per heavy atom. The van der Waals surface area contributed by atoms with Crippen molar-refractivity contribution in [3.05, 3.63) is 89.0 Å². The van der Waals surface area contributed by atoms with Crippen LogP contribution in [-0.4, -0.2) is 43.7 Å². The Labute approximate surface area is 239 Å². The van der Waals surface area contributed by atoms with Crippen molar-refractivity contribution < 1.29 is 32.2 Å². The highest BCUT2D eigenvalue weighted by Gasteiger charge is 2.36. The number of hydrogen-bond donors (Lipinski definition) is 0. The van der Waals surface area contributed by atoms with Gasteiger partial charge in [0.1, 0.15) is 23.9 Å².